The van der Waals surface area contributed by atoms with E-state index in [4.69, 9.17) is 11.6 Å². The molecule has 0 bridgehead atoms. The minimum absolute atomic E-state index is 0.463. The minimum atomic E-state index is -1.27. The zero-order valence-corrected chi connectivity index (χ0v) is 12.4. The lowest BCUT2D eigenvalue weighted by molar-refractivity contribution is -0.124. The number of amides is 1. The van der Waals surface area contributed by atoms with Crippen molar-refractivity contribution in [3.63, 3.8) is 0 Å². The molecular formula is C18H14ClNO2. The number of aliphatic hydroxyl groups excluding tert-OH is 1. The van der Waals surface area contributed by atoms with E-state index < -0.39 is 12.0 Å². The second-order valence-electron chi connectivity index (χ2n) is 4.97. The molecule has 0 heterocycles. The molecule has 0 fully saturated rings. The molecule has 0 aliphatic heterocycles. The Morgan fingerprint density at radius 1 is 1.00 bits per heavy atom. The van der Waals surface area contributed by atoms with Crippen molar-refractivity contribution < 1.29 is 9.90 Å². The van der Waals surface area contributed by atoms with E-state index in [2.05, 4.69) is 5.32 Å². The standard InChI is InChI=1S/C18H14ClNO2/c19-14-8-3-7-13(11-14)17(21)18(22)20-16-10-4-6-12-5-1-2-9-15(12)16/h1-11,17,21H,(H,20,22). The molecule has 4 heteroatoms. The number of aliphatic hydroxyl groups is 1. The molecular weight excluding hydrogens is 298 g/mol. The van der Waals surface area contributed by atoms with Crippen molar-refractivity contribution in [3.05, 3.63) is 77.3 Å². The number of rotatable bonds is 3. The van der Waals surface area contributed by atoms with Crippen molar-refractivity contribution in [1.82, 2.24) is 0 Å². The monoisotopic (exact) mass is 311 g/mol. The largest absolute Gasteiger partial charge is 0.378 e. The van der Waals surface area contributed by atoms with Crippen molar-refractivity contribution in [2.24, 2.45) is 0 Å². The molecule has 1 atom stereocenters. The van der Waals surface area contributed by atoms with E-state index in [1.807, 2.05) is 42.5 Å². The van der Waals surface area contributed by atoms with Gasteiger partial charge in [-0.1, -0.05) is 60.1 Å². The molecule has 3 aromatic carbocycles. The zero-order valence-electron chi connectivity index (χ0n) is 11.7. The summed E-state index contributed by atoms with van der Waals surface area (Å²) in [6.07, 6.45) is -1.27. The average Bonchev–Trinajstić information content (AvgIpc) is 2.54. The molecule has 0 saturated carbocycles. The molecule has 0 aliphatic rings. The maximum atomic E-state index is 12.3. The van der Waals surface area contributed by atoms with Crippen LogP contribution in [0.15, 0.2) is 66.7 Å². The van der Waals surface area contributed by atoms with Crippen LogP contribution in [0.3, 0.4) is 0 Å². The van der Waals surface area contributed by atoms with Crippen molar-refractivity contribution in [2.75, 3.05) is 5.32 Å². The lowest BCUT2D eigenvalue weighted by Gasteiger charge is -2.13. The topological polar surface area (TPSA) is 49.3 Å². The van der Waals surface area contributed by atoms with E-state index in [0.717, 1.165) is 10.8 Å². The van der Waals surface area contributed by atoms with Gasteiger partial charge in [0.2, 0.25) is 0 Å². The van der Waals surface area contributed by atoms with Crippen molar-refractivity contribution in [1.29, 1.82) is 0 Å². The number of carbonyl (C=O) groups excluding carboxylic acids is 1. The number of benzene rings is 3. The lowest BCUT2D eigenvalue weighted by Crippen LogP contribution is -2.20. The molecule has 0 aliphatic carbocycles. The van der Waals surface area contributed by atoms with E-state index in [-0.39, 0.29) is 0 Å². The molecule has 1 amide bonds. The van der Waals surface area contributed by atoms with Gasteiger partial charge < -0.3 is 10.4 Å². The molecule has 0 saturated heterocycles. The number of fused-ring (bicyclic) bond motifs is 1. The van der Waals surface area contributed by atoms with Gasteiger partial charge in [0.15, 0.2) is 6.10 Å². The first-order valence-corrected chi connectivity index (χ1v) is 7.25. The van der Waals surface area contributed by atoms with Crippen molar-refractivity contribution in [2.45, 2.75) is 6.10 Å². The van der Waals surface area contributed by atoms with Gasteiger partial charge in [0.1, 0.15) is 0 Å². The third-order valence-electron chi connectivity index (χ3n) is 3.46. The molecule has 22 heavy (non-hydrogen) atoms. The second kappa shape index (κ2) is 6.18. The predicted octanol–water partition coefficient (Wildman–Crippen LogP) is 4.17. The Hall–Kier alpha value is -2.36. The van der Waals surface area contributed by atoms with Gasteiger partial charge in [-0.2, -0.15) is 0 Å². The number of halogens is 1. The van der Waals surface area contributed by atoms with Crippen LogP contribution in [0.2, 0.25) is 5.02 Å². The van der Waals surface area contributed by atoms with Crippen LogP contribution in [0.5, 0.6) is 0 Å². The molecule has 0 aromatic heterocycles. The zero-order chi connectivity index (χ0) is 15.5. The summed E-state index contributed by atoms with van der Waals surface area (Å²) in [5.74, 6) is -0.487. The van der Waals surface area contributed by atoms with Crippen LogP contribution in [-0.2, 0) is 4.79 Å². The summed E-state index contributed by atoms with van der Waals surface area (Å²) in [4.78, 5) is 12.3. The smallest absolute Gasteiger partial charge is 0.257 e. The van der Waals surface area contributed by atoms with E-state index in [0.29, 0.717) is 16.3 Å². The van der Waals surface area contributed by atoms with Gasteiger partial charge in [0.05, 0.1) is 0 Å². The summed E-state index contributed by atoms with van der Waals surface area (Å²) in [6, 6.07) is 20.0. The summed E-state index contributed by atoms with van der Waals surface area (Å²) in [5, 5.41) is 15.4. The number of carbonyl (C=O) groups is 1. The quantitative estimate of drug-likeness (QED) is 0.763. The first-order valence-electron chi connectivity index (χ1n) is 6.87. The molecule has 110 valence electrons. The molecule has 3 nitrogen and oxygen atoms in total. The fourth-order valence-corrected chi connectivity index (χ4v) is 2.56. The first kappa shape index (κ1) is 14.6. The van der Waals surface area contributed by atoms with Crippen LogP contribution >= 0.6 is 11.6 Å². The number of hydrogen-bond donors (Lipinski definition) is 2. The van der Waals surface area contributed by atoms with Crippen LogP contribution in [0.25, 0.3) is 10.8 Å². The highest BCUT2D eigenvalue weighted by Crippen LogP contribution is 2.25. The van der Waals surface area contributed by atoms with Crippen LogP contribution in [0.4, 0.5) is 5.69 Å². The van der Waals surface area contributed by atoms with Crippen LogP contribution in [0, 0.1) is 0 Å². The molecule has 0 radical (unpaired) electrons. The third kappa shape index (κ3) is 2.96. The van der Waals surface area contributed by atoms with Gasteiger partial charge in [-0.3, -0.25) is 4.79 Å². The van der Waals surface area contributed by atoms with Crippen LogP contribution in [0.1, 0.15) is 11.7 Å². The van der Waals surface area contributed by atoms with Crippen molar-refractivity contribution >= 4 is 34.0 Å². The van der Waals surface area contributed by atoms with Gasteiger partial charge >= 0.3 is 0 Å². The Bertz CT molecular complexity index is 827. The second-order valence-corrected chi connectivity index (χ2v) is 5.41. The van der Waals surface area contributed by atoms with Gasteiger partial charge in [0, 0.05) is 16.1 Å². The van der Waals surface area contributed by atoms with Gasteiger partial charge in [-0.25, -0.2) is 0 Å². The van der Waals surface area contributed by atoms with E-state index in [9.17, 15) is 9.90 Å². The number of nitrogens with one attached hydrogen (secondary N) is 1. The average molecular weight is 312 g/mol. The normalized spacial score (nSPS) is 12.1. The highest BCUT2D eigenvalue weighted by molar-refractivity contribution is 6.30. The van der Waals surface area contributed by atoms with Gasteiger partial charge in [0.25, 0.3) is 5.91 Å². The fraction of sp³-hybridized carbons (Fsp3) is 0.0556. The van der Waals surface area contributed by atoms with E-state index in [1.165, 1.54) is 0 Å². The number of hydrogen-bond acceptors (Lipinski definition) is 2. The summed E-state index contributed by atoms with van der Waals surface area (Å²) >= 11 is 5.89. The minimum Gasteiger partial charge on any atom is -0.378 e. The Morgan fingerprint density at radius 3 is 2.55 bits per heavy atom. The number of anilines is 1. The van der Waals surface area contributed by atoms with Crippen molar-refractivity contribution in [3.8, 4) is 0 Å². The van der Waals surface area contributed by atoms with Gasteiger partial charge in [-0.15, -0.1) is 0 Å². The lowest BCUT2D eigenvalue weighted by atomic mass is 10.1. The Balaban J connectivity index is 1.87. The fourth-order valence-electron chi connectivity index (χ4n) is 2.36. The Labute approximate surface area is 133 Å². The molecule has 3 aromatic rings. The van der Waals surface area contributed by atoms with E-state index >= 15 is 0 Å². The maximum absolute atomic E-state index is 12.3. The van der Waals surface area contributed by atoms with E-state index in [1.54, 1.807) is 24.3 Å². The Kier molecular flexibility index (Phi) is 4.09. The summed E-state index contributed by atoms with van der Waals surface area (Å²) < 4.78 is 0. The molecule has 2 N–H and O–H groups in total. The van der Waals surface area contributed by atoms with Gasteiger partial charge in [-0.05, 0) is 29.1 Å². The molecule has 3 rings (SSSR count). The molecule has 1 unspecified atom stereocenters. The SMILES string of the molecule is O=C(Nc1cccc2ccccc12)C(O)c1cccc(Cl)c1. The Morgan fingerprint density at radius 2 is 1.73 bits per heavy atom. The van der Waals surface area contributed by atoms with Crippen LogP contribution < -0.4 is 5.32 Å². The maximum Gasteiger partial charge on any atom is 0.257 e. The highest BCUT2D eigenvalue weighted by atomic mass is 35.5. The summed E-state index contributed by atoms with van der Waals surface area (Å²) in [5.41, 5.74) is 1.13. The summed E-state index contributed by atoms with van der Waals surface area (Å²) in [6.45, 7) is 0. The predicted molar refractivity (Wildman–Crippen MR) is 89.0 cm³/mol. The summed E-state index contributed by atoms with van der Waals surface area (Å²) in [7, 11) is 0. The highest BCUT2D eigenvalue weighted by Gasteiger charge is 2.18. The first-order chi connectivity index (χ1) is 10.6. The molecule has 0 spiro atoms. The third-order valence-corrected chi connectivity index (χ3v) is 3.70. The van der Waals surface area contributed by atoms with Crippen LogP contribution in [-0.4, -0.2) is 11.0 Å².